The summed E-state index contributed by atoms with van der Waals surface area (Å²) in [6, 6.07) is 14.7. The van der Waals surface area contributed by atoms with Crippen LogP contribution in [0.3, 0.4) is 0 Å². The maximum absolute atomic E-state index is 6.25. The molecule has 1 aliphatic carbocycles. The fraction of sp³-hybridized carbons (Fsp3) is 0.238. The van der Waals surface area contributed by atoms with Gasteiger partial charge in [0, 0.05) is 16.0 Å². The molecule has 2 heterocycles. The summed E-state index contributed by atoms with van der Waals surface area (Å²) < 4.78 is 0. The lowest BCUT2D eigenvalue weighted by Crippen LogP contribution is -1.98. The Bertz CT molecular complexity index is 1110. The van der Waals surface area contributed by atoms with E-state index in [1.54, 1.807) is 11.3 Å². The molecule has 0 radical (unpaired) electrons. The van der Waals surface area contributed by atoms with Crippen molar-refractivity contribution in [1.82, 2.24) is 9.97 Å². The molecule has 4 aromatic rings. The third-order valence-corrected chi connectivity index (χ3v) is 6.43. The quantitative estimate of drug-likeness (QED) is 0.318. The van der Waals surface area contributed by atoms with Crippen LogP contribution in [0, 0.1) is 0 Å². The molecule has 26 heavy (non-hydrogen) atoms. The van der Waals surface area contributed by atoms with Crippen LogP contribution >= 0.6 is 22.9 Å². The van der Waals surface area contributed by atoms with Crippen LogP contribution in [0.25, 0.3) is 21.0 Å². The zero-order valence-electron chi connectivity index (χ0n) is 14.3. The molecule has 0 fully saturated rings. The number of fused-ring (bicyclic) bond motifs is 4. The average Bonchev–Trinajstić information content (AvgIpc) is 2.83. The first kappa shape index (κ1) is 16.0. The summed E-state index contributed by atoms with van der Waals surface area (Å²) in [5.74, 6) is 0.829. The minimum atomic E-state index is 0.302. The molecule has 0 spiro atoms. The Morgan fingerprint density at radius 1 is 0.923 bits per heavy atom. The predicted molar refractivity (Wildman–Crippen MR) is 111 cm³/mol. The summed E-state index contributed by atoms with van der Waals surface area (Å²) in [4.78, 5) is 11.5. The van der Waals surface area contributed by atoms with Crippen LogP contribution < -0.4 is 5.32 Å². The number of hydrogen-bond donors (Lipinski definition) is 1. The molecule has 130 valence electrons. The highest BCUT2D eigenvalue weighted by atomic mass is 35.5. The van der Waals surface area contributed by atoms with E-state index in [9.17, 15) is 0 Å². The molecule has 5 rings (SSSR count). The Hall–Kier alpha value is -2.17. The van der Waals surface area contributed by atoms with Gasteiger partial charge in [-0.2, -0.15) is 4.98 Å². The highest BCUT2D eigenvalue weighted by molar-refractivity contribution is 7.19. The highest BCUT2D eigenvalue weighted by Gasteiger charge is 2.20. The van der Waals surface area contributed by atoms with E-state index in [0.717, 1.165) is 34.6 Å². The molecule has 3 nitrogen and oxygen atoms in total. The van der Waals surface area contributed by atoms with Crippen LogP contribution in [0.4, 0.5) is 11.5 Å². The third-order valence-electron chi connectivity index (χ3n) is 5.08. The van der Waals surface area contributed by atoms with E-state index in [2.05, 4.69) is 57.7 Å². The number of hydrogen-bond acceptors (Lipinski definition) is 4. The molecular formula is C21H18ClN3S. The SMILES string of the molecule is Clc1nc(Nc2cccc3ccccc23)c2c3c(sc2n1)CCCCC3. The van der Waals surface area contributed by atoms with Crippen LogP contribution in [0.5, 0.6) is 0 Å². The number of benzene rings is 2. The molecule has 0 aliphatic heterocycles. The van der Waals surface area contributed by atoms with Gasteiger partial charge in [0.2, 0.25) is 5.28 Å². The van der Waals surface area contributed by atoms with Crippen molar-refractivity contribution in [2.45, 2.75) is 32.1 Å². The van der Waals surface area contributed by atoms with E-state index >= 15 is 0 Å². The number of rotatable bonds is 2. The molecule has 0 amide bonds. The average molecular weight is 380 g/mol. The normalized spacial score (nSPS) is 14.3. The first-order chi connectivity index (χ1) is 12.8. The predicted octanol–water partition coefficient (Wildman–Crippen LogP) is 6.51. The Kier molecular flexibility index (Phi) is 4.03. The van der Waals surface area contributed by atoms with Crippen molar-refractivity contribution in [3.05, 3.63) is 58.2 Å². The van der Waals surface area contributed by atoms with E-state index < -0.39 is 0 Å². The van der Waals surface area contributed by atoms with Crippen molar-refractivity contribution in [2.24, 2.45) is 0 Å². The second-order valence-electron chi connectivity index (χ2n) is 6.74. The van der Waals surface area contributed by atoms with Crippen molar-refractivity contribution in [1.29, 1.82) is 0 Å². The molecule has 2 aromatic heterocycles. The van der Waals surface area contributed by atoms with E-state index in [4.69, 9.17) is 11.6 Å². The molecule has 5 heteroatoms. The smallest absolute Gasteiger partial charge is 0.225 e. The van der Waals surface area contributed by atoms with Gasteiger partial charge in [0.05, 0.1) is 5.39 Å². The maximum Gasteiger partial charge on any atom is 0.225 e. The number of nitrogens with zero attached hydrogens (tertiary/aromatic N) is 2. The summed E-state index contributed by atoms with van der Waals surface area (Å²) in [5, 5.41) is 7.40. The standard InChI is InChI=1S/C21H18ClN3S/c22-21-24-19(23-16-11-6-8-13-7-4-5-9-14(13)16)18-15-10-2-1-3-12-17(15)26-20(18)25-21/h4-9,11H,1-3,10,12H2,(H,23,24,25). The number of anilines is 2. The Morgan fingerprint density at radius 2 is 1.77 bits per heavy atom. The number of nitrogens with one attached hydrogen (secondary N) is 1. The fourth-order valence-electron chi connectivity index (χ4n) is 3.86. The van der Waals surface area contributed by atoms with Gasteiger partial charge in [-0.3, -0.25) is 0 Å². The zero-order valence-corrected chi connectivity index (χ0v) is 15.8. The maximum atomic E-state index is 6.25. The summed E-state index contributed by atoms with van der Waals surface area (Å²) in [6.45, 7) is 0. The summed E-state index contributed by atoms with van der Waals surface area (Å²) in [5.41, 5.74) is 2.47. The van der Waals surface area contributed by atoms with Gasteiger partial charge in [-0.15, -0.1) is 11.3 Å². The molecule has 2 aromatic carbocycles. The fourth-order valence-corrected chi connectivity index (χ4v) is 5.34. The summed E-state index contributed by atoms with van der Waals surface area (Å²) >= 11 is 8.03. The molecule has 1 aliphatic rings. The minimum absolute atomic E-state index is 0.302. The number of aryl methyl sites for hydroxylation is 2. The van der Waals surface area contributed by atoms with Gasteiger partial charge < -0.3 is 5.32 Å². The Labute approximate surface area is 161 Å². The van der Waals surface area contributed by atoms with Crippen LogP contribution in [-0.4, -0.2) is 9.97 Å². The lowest BCUT2D eigenvalue weighted by molar-refractivity contribution is 0.713. The molecule has 0 unspecified atom stereocenters. The van der Waals surface area contributed by atoms with Gasteiger partial charge in [0.25, 0.3) is 0 Å². The van der Waals surface area contributed by atoms with E-state index in [-0.39, 0.29) is 0 Å². The second-order valence-corrected chi connectivity index (χ2v) is 8.16. The third kappa shape index (κ3) is 2.74. The molecule has 1 N–H and O–H groups in total. The van der Waals surface area contributed by atoms with E-state index in [1.165, 1.54) is 40.5 Å². The largest absolute Gasteiger partial charge is 0.339 e. The monoisotopic (exact) mass is 379 g/mol. The van der Waals surface area contributed by atoms with Gasteiger partial charge >= 0.3 is 0 Å². The van der Waals surface area contributed by atoms with Crippen LogP contribution in [0.2, 0.25) is 5.28 Å². The topological polar surface area (TPSA) is 37.8 Å². The lowest BCUT2D eigenvalue weighted by atomic mass is 10.1. The van der Waals surface area contributed by atoms with Crippen molar-refractivity contribution in [2.75, 3.05) is 5.32 Å². The molecule has 0 saturated heterocycles. The number of halogens is 1. The Morgan fingerprint density at radius 3 is 2.73 bits per heavy atom. The van der Waals surface area contributed by atoms with Crippen molar-refractivity contribution >= 4 is 55.4 Å². The van der Waals surface area contributed by atoms with Crippen molar-refractivity contribution in [3.8, 4) is 0 Å². The first-order valence-corrected chi connectivity index (χ1v) is 10.2. The number of thiophene rings is 1. The van der Waals surface area contributed by atoms with Crippen LogP contribution in [0.15, 0.2) is 42.5 Å². The second kappa shape index (κ2) is 6.53. The number of aromatic nitrogens is 2. The Balaban J connectivity index is 1.69. The van der Waals surface area contributed by atoms with Gasteiger partial charge in [-0.25, -0.2) is 4.98 Å². The summed E-state index contributed by atoms with van der Waals surface area (Å²) in [7, 11) is 0. The van der Waals surface area contributed by atoms with E-state index in [0.29, 0.717) is 5.28 Å². The van der Waals surface area contributed by atoms with E-state index in [1.807, 2.05) is 0 Å². The summed E-state index contributed by atoms with van der Waals surface area (Å²) in [6.07, 6.45) is 6.03. The zero-order chi connectivity index (χ0) is 17.5. The van der Waals surface area contributed by atoms with Gasteiger partial charge in [-0.1, -0.05) is 42.8 Å². The highest BCUT2D eigenvalue weighted by Crippen LogP contribution is 2.40. The molecule has 0 bridgehead atoms. The van der Waals surface area contributed by atoms with Gasteiger partial charge in [0.15, 0.2) is 0 Å². The molecule has 0 saturated carbocycles. The van der Waals surface area contributed by atoms with Crippen LogP contribution in [0.1, 0.15) is 29.7 Å². The molecule has 0 atom stereocenters. The van der Waals surface area contributed by atoms with Gasteiger partial charge in [-0.05, 0) is 54.3 Å². The minimum Gasteiger partial charge on any atom is -0.339 e. The lowest BCUT2D eigenvalue weighted by Gasteiger charge is -2.11. The van der Waals surface area contributed by atoms with Crippen LogP contribution in [-0.2, 0) is 12.8 Å². The van der Waals surface area contributed by atoms with Gasteiger partial charge in [0.1, 0.15) is 10.6 Å². The molecular weight excluding hydrogens is 362 g/mol. The first-order valence-electron chi connectivity index (χ1n) is 9.02. The van der Waals surface area contributed by atoms with Crippen molar-refractivity contribution in [3.63, 3.8) is 0 Å². The van der Waals surface area contributed by atoms with Crippen molar-refractivity contribution < 1.29 is 0 Å².